The third kappa shape index (κ3) is 27.7. The van der Waals surface area contributed by atoms with Crippen molar-refractivity contribution in [1.29, 1.82) is 0 Å². The normalized spacial score (nSPS) is 14.3. The van der Waals surface area contributed by atoms with Gasteiger partial charge in [-0.05, 0) is 32.1 Å². The van der Waals surface area contributed by atoms with E-state index in [1.54, 1.807) is 0 Å². The van der Waals surface area contributed by atoms with E-state index in [9.17, 15) is 23.8 Å². The van der Waals surface area contributed by atoms with Gasteiger partial charge in [-0.3, -0.25) is 23.4 Å². The van der Waals surface area contributed by atoms with Crippen LogP contribution in [-0.4, -0.2) is 59.9 Å². The maximum atomic E-state index is 12.5. The van der Waals surface area contributed by atoms with Crippen molar-refractivity contribution in [3.05, 3.63) is 12.2 Å². The standard InChI is InChI=1S/C32H60NO10P/c1-3-5-7-9-11-13-14-16-18-20-22-24-31(35)43-28(26-41-44(38,39)42-27-29(33)32(36)37)25-40-30(34)23-21-19-17-15-12-10-8-6-4-2/h9,11,28-29H,3-8,10,12-27,33H2,1-2H3,(H,36,37)(H,38,39)/b11-9+/t28-,29+/m1/s1. The van der Waals surface area contributed by atoms with Gasteiger partial charge in [-0.2, -0.15) is 0 Å². The number of hydrogen-bond donors (Lipinski definition) is 3. The van der Waals surface area contributed by atoms with Crippen LogP contribution in [0.25, 0.3) is 0 Å². The van der Waals surface area contributed by atoms with Gasteiger partial charge in [-0.15, -0.1) is 0 Å². The number of ether oxygens (including phenoxy) is 2. The van der Waals surface area contributed by atoms with Crippen molar-refractivity contribution in [1.82, 2.24) is 0 Å². The van der Waals surface area contributed by atoms with Gasteiger partial charge in [-0.1, -0.05) is 109 Å². The summed E-state index contributed by atoms with van der Waals surface area (Å²) in [6.07, 6.45) is 23.0. The molecule has 0 rings (SSSR count). The Balaban J connectivity index is 4.53. The second-order valence-electron chi connectivity index (χ2n) is 11.3. The molecule has 0 heterocycles. The fourth-order valence-electron chi connectivity index (χ4n) is 4.28. The number of rotatable bonds is 31. The topological polar surface area (TPSA) is 172 Å². The second kappa shape index (κ2) is 28.7. The predicted molar refractivity (Wildman–Crippen MR) is 171 cm³/mol. The Morgan fingerprint density at radius 3 is 1.73 bits per heavy atom. The van der Waals surface area contributed by atoms with Crippen molar-refractivity contribution in [3.63, 3.8) is 0 Å². The van der Waals surface area contributed by atoms with Crippen LogP contribution in [0, 0.1) is 0 Å². The quantitative estimate of drug-likeness (QED) is 0.0296. The highest BCUT2D eigenvalue weighted by atomic mass is 31.2. The summed E-state index contributed by atoms with van der Waals surface area (Å²) in [6, 6.07) is -1.52. The van der Waals surface area contributed by atoms with Crippen molar-refractivity contribution >= 4 is 25.7 Å². The molecule has 0 aliphatic heterocycles. The summed E-state index contributed by atoms with van der Waals surface area (Å²) in [7, 11) is -4.70. The number of carbonyl (C=O) groups excluding carboxylic acids is 2. The van der Waals surface area contributed by atoms with Crippen LogP contribution < -0.4 is 5.73 Å². The van der Waals surface area contributed by atoms with Gasteiger partial charge in [0.15, 0.2) is 6.10 Å². The number of unbranched alkanes of at least 4 members (excludes halogenated alkanes) is 15. The van der Waals surface area contributed by atoms with Crippen LogP contribution >= 0.6 is 7.82 Å². The molecule has 258 valence electrons. The van der Waals surface area contributed by atoms with Gasteiger partial charge < -0.3 is 25.2 Å². The van der Waals surface area contributed by atoms with Crippen molar-refractivity contribution in [2.45, 2.75) is 154 Å². The number of phosphoric acid groups is 1. The molecule has 12 heteroatoms. The predicted octanol–water partition coefficient (Wildman–Crippen LogP) is 7.38. The molecule has 0 saturated carbocycles. The first-order chi connectivity index (χ1) is 21.1. The molecule has 0 aromatic rings. The van der Waals surface area contributed by atoms with Crippen molar-refractivity contribution in [2.24, 2.45) is 5.73 Å². The zero-order chi connectivity index (χ0) is 32.9. The highest BCUT2D eigenvalue weighted by Gasteiger charge is 2.28. The number of allylic oxidation sites excluding steroid dienone is 2. The average Bonchev–Trinajstić information content (AvgIpc) is 2.99. The molecular weight excluding hydrogens is 589 g/mol. The molecule has 0 spiro atoms. The molecule has 0 aliphatic carbocycles. The summed E-state index contributed by atoms with van der Waals surface area (Å²) in [4.78, 5) is 45.4. The Morgan fingerprint density at radius 1 is 0.682 bits per heavy atom. The maximum Gasteiger partial charge on any atom is 0.472 e. The van der Waals surface area contributed by atoms with E-state index < -0.39 is 51.1 Å². The molecule has 11 nitrogen and oxygen atoms in total. The lowest BCUT2D eigenvalue weighted by molar-refractivity contribution is -0.161. The SMILES string of the molecule is CCCC/C=C/CCCCCCCC(=O)O[C@H](COC(=O)CCCCCCCCCCC)COP(=O)(O)OC[C@H](N)C(=O)O. The Hall–Kier alpha value is -1.78. The largest absolute Gasteiger partial charge is 0.480 e. The van der Waals surface area contributed by atoms with Gasteiger partial charge in [0.25, 0.3) is 0 Å². The summed E-state index contributed by atoms with van der Waals surface area (Å²) in [6.45, 7) is 2.69. The number of phosphoric ester groups is 1. The molecule has 4 N–H and O–H groups in total. The Labute approximate surface area is 265 Å². The summed E-state index contributed by atoms with van der Waals surface area (Å²) in [5.41, 5.74) is 5.29. The van der Waals surface area contributed by atoms with Crippen molar-refractivity contribution < 1.29 is 47.5 Å². The molecule has 0 fully saturated rings. The zero-order valence-corrected chi connectivity index (χ0v) is 28.2. The highest BCUT2D eigenvalue weighted by molar-refractivity contribution is 7.47. The number of aliphatic carboxylic acids is 1. The van der Waals surface area contributed by atoms with Crippen molar-refractivity contribution in [3.8, 4) is 0 Å². The van der Waals surface area contributed by atoms with E-state index in [1.807, 2.05) is 0 Å². The van der Waals surface area contributed by atoms with Gasteiger partial charge in [0.1, 0.15) is 12.6 Å². The minimum Gasteiger partial charge on any atom is -0.480 e. The zero-order valence-electron chi connectivity index (χ0n) is 27.3. The van der Waals surface area contributed by atoms with E-state index in [-0.39, 0.29) is 19.4 Å². The minimum absolute atomic E-state index is 0.153. The average molecular weight is 650 g/mol. The van der Waals surface area contributed by atoms with Gasteiger partial charge in [0.2, 0.25) is 0 Å². The lowest BCUT2D eigenvalue weighted by Crippen LogP contribution is -2.34. The van der Waals surface area contributed by atoms with Gasteiger partial charge in [-0.25, -0.2) is 4.57 Å². The molecule has 0 radical (unpaired) electrons. The van der Waals surface area contributed by atoms with Crippen LogP contribution in [0.1, 0.15) is 142 Å². The van der Waals surface area contributed by atoms with E-state index in [2.05, 4.69) is 30.5 Å². The number of carbonyl (C=O) groups is 3. The van der Waals surface area contributed by atoms with Gasteiger partial charge in [0.05, 0.1) is 13.2 Å². The Morgan fingerprint density at radius 2 is 1.16 bits per heavy atom. The maximum absolute atomic E-state index is 12.5. The molecule has 0 saturated heterocycles. The molecular formula is C32H60NO10P. The first-order valence-corrected chi connectivity index (χ1v) is 18.2. The van der Waals surface area contributed by atoms with Crippen LogP contribution in [0.5, 0.6) is 0 Å². The van der Waals surface area contributed by atoms with E-state index in [0.717, 1.165) is 57.8 Å². The number of hydrogen-bond acceptors (Lipinski definition) is 9. The van der Waals surface area contributed by atoms with Crippen molar-refractivity contribution in [2.75, 3.05) is 19.8 Å². The monoisotopic (exact) mass is 649 g/mol. The summed E-state index contributed by atoms with van der Waals surface area (Å²) < 4.78 is 32.3. The third-order valence-electron chi connectivity index (χ3n) is 7.01. The van der Waals surface area contributed by atoms with Crippen LogP contribution in [0.2, 0.25) is 0 Å². The lowest BCUT2D eigenvalue weighted by atomic mass is 10.1. The summed E-state index contributed by atoms with van der Waals surface area (Å²) in [5, 5.41) is 8.81. The number of esters is 2. The second-order valence-corrected chi connectivity index (χ2v) is 12.8. The molecule has 44 heavy (non-hydrogen) atoms. The minimum atomic E-state index is -4.70. The van der Waals surface area contributed by atoms with Crippen LogP contribution in [-0.2, 0) is 37.5 Å². The smallest absolute Gasteiger partial charge is 0.472 e. The molecule has 3 atom stereocenters. The summed E-state index contributed by atoms with van der Waals surface area (Å²) in [5.74, 6) is -2.39. The molecule has 0 aromatic carbocycles. The highest BCUT2D eigenvalue weighted by Crippen LogP contribution is 2.43. The lowest BCUT2D eigenvalue weighted by Gasteiger charge is -2.20. The molecule has 1 unspecified atom stereocenters. The van der Waals surface area contributed by atoms with E-state index >= 15 is 0 Å². The molecule has 0 aliphatic rings. The van der Waals surface area contributed by atoms with E-state index in [1.165, 1.54) is 44.9 Å². The van der Waals surface area contributed by atoms with Gasteiger partial charge in [0, 0.05) is 12.8 Å². The summed E-state index contributed by atoms with van der Waals surface area (Å²) >= 11 is 0. The fraction of sp³-hybridized carbons (Fsp3) is 0.844. The Kier molecular flexibility index (Phi) is 27.5. The van der Waals surface area contributed by atoms with E-state index in [0.29, 0.717) is 12.8 Å². The Bertz CT molecular complexity index is 823. The number of carboxylic acid groups (broad SMARTS) is 1. The third-order valence-corrected chi connectivity index (χ3v) is 7.96. The van der Waals surface area contributed by atoms with E-state index in [4.69, 9.17) is 24.8 Å². The molecule has 0 aromatic heterocycles. The van der Waals surface area contributed by atoms with Crippen LogP contribution in [0.15, 0.2) is 12.2 Å². The fourth-order valence-corrected chi connectivity index (χ4v) is 5.06. The van der Waals surface area contributed by atoms with Gasteiger partial charge >= 0.3 is 25.7 Å². The first-order valence-electron chi connectivity index (χ1n) is 16.7. The molecule has 0 amide bonds. The van der Waals surface area contributed by atoms with Crippen LogP contribution in [0.3, 0.4) is 0 Å². The number of nitrogens with two attached hydrogens (primary N) is 1. The molecule has 0 bridgehead atoms. The first kappa shape index (κ1) is 42.2. The number of carboxylic acids is 1. The van der Waals surface area contributed by atoms with Crippen LogP contribution in [0.4, 0.5) is 0 Å².